The van der Waals surface area contributed by atoms with E-state index in [2.05, 4.69) is 23.2 Å². The van der Waals surface area contributed by atoms with Crippen LogP contribution in [0.15, 0.2) is 4.99 Å². The van der Waals surface area contributed by atoms with E-state index in [0.29, 0.717) is 29.8 Å². The fourth-order valence-electron chi connectivity index (χ4n) is 3.47. The SMILES string of the molecule is CCC(=O)N1CCC(N(C)CC2(C3C=N3)CC2)CC1. The molecule has 1 amide bonds. The molecule has 2 heterocycles. The summed E-state index contributed by atoms with van der Waals surface area (Å²) in [6, 6.07) is 1.20. The van der Waals surface area contributed by atoms with Crippen LogP contribution in [0.4, 0.5) is 0 Å². The van der Waals surface area contributed by atoms with Crippen molar-refractivity contribution in [3.05, 3.63) is 0 Å². The number of nitrogens with zero attached hydrogens (tertiary/aromatic N) is 3. The first-order valence-corrected chi connectivity index (χ1v) is 7.66. The Morgan fingerprint density at radius 1 is 1.42 bits per heavy atom. The summed E-state index contributed by atoms with van der Waals surface area (Å²) in [7, 11) is 2.25. The van der Waals surface area contributed by atoms with Crippen LogP contribution in [0, 0.1) is 5.41 Å². The van der Waals surface area contributed by atoms with Crippen molar-refractivity contribution in [3.63, 3.8) is 0 Å². The Morgan fingerprint density at radius 3 is 2.53 bits per heavy atom. The Labute approximate surface area is 115 Å². The summed E-state index contributed by atoms with van der Waals surface area (Å²) in [6.45, 7) is 5.01. The molecule has 3 rings (SSSR count). The topological polar surface area (TPSA) is 35.9 Å². The molecule has 1 aliphatic carbocycles. The summed E-state index contributed by atoms with van der Waals surface area (Å²) >= 11 is 0. The highest BCUT2D eigenvalue weighted by molar-refractivity contribution is 5.80. The highest BCUT2D eigenvalue weighted by Crippen LogP contribution is 2.53. The second-order valence-corrected chi connectivity index (χ2v) is 6.49. The van der Waals surface area contributed by atoms with Crippen molar-refractivity contribution < 1.29 is 4.79 Å². The molecule has 1 saturated carbocycles. The van der Waals surface area contributed by atoms with Gasteiger partial charge >= 0.3 is 0 Å². The molecule has 2 aliphatic heterocycles. The first kappa shape index (κ1) is 13.1. The van der Waals surface area contributed by atoms with Crippen LogP contribution in [0.1, 0.15) is 39.0 Å². The smallest absolute Gasteiger partial charge is 0.222 e. The first-order valence-electron chi connectivity index (χ1n) is 7.66. The minimum Gasteiger partial charge on any atom is -0.343 e. The number of amides is 1. The summed E-state index contributed by atoms with van der Waals surface area (Å²) in [6.07, 6.45) is 7.70. The molecule has 0 N–H and O–H groups in total. The van der Waals surface area contributed by atoms with E-state index in [4.69, 9.17) is 0 Å². The predicted octanol–water partition coefficient (Wildman–Crippen LogP) is 1.55. The van der Waals surface area contributed by atoms with Gasteiger partial charge in [0.2, 0.25) is 5.91 Å². The Balaban J connectivity index is 1.47. The van der Waals surface area contributed by atoms with Gasteiger partial charge in [-0.25, -0.2) is 0 Å². The third-order valence-corrected chi connectivity index (χ3v) is 5.13. The Hall–Kier alpha value is -0.900. The molecule has 2 fully saturated rings. The van der Waals surface area contributed by atoms with E-state index in [1.807, 2.05) is 11.8 Å². The van der Waals surface area contributed by atoms with E-state index >= 15 is 0 Å². The largest absolute Gasteiger partial charge is 0.343 e. The fourth-order valence-corrected chi connectivity index (χ4v) is 3.47. The van der Waals surface area contributed by atoms with Gasteiger partial charge in [-0.1, -0.05) is 6.92 Å². The van der Waals surface area contributed by atoms with Gasteiger partial charge in [-0.05, 0) is 32.7 Å². The molecule has 0 radical (unpaired) electrons. The first-order chi connectivity index (χ1) is 9.14. The maximum absolute atomic E-state index is 11.7. The molecule has 3 aliphatic rings. The van der Waals surface area contributed by atoms with Crippen molar-refractivity contribution in [3.8, 4) is 0 Å². The van der Waals surface area contributed by atoms with Crippen LogP contribution in [0.5, 0.6) is 0 Å². The number of carbonyl (C=O) groups excluding carboxylic acids is 1. The Morgan fingerprint density at radius 2 is 2.05 bits per heavy atom. The standard InChI is InChI=1S/C15H25N3O/c1-3-14(19)18-8-4-12(5-9-18)17(2)11-15(6-7-15)13-10-16-13/h10,12-13H,3-9,11H2,1-2H3. The van der Waals surface area contributed by atoms with E-state index in [1.54, 1.807) is 0 Å². The van der Waals surface area contributed by atoms with E-state index in [1.165, 1.54) is 19.4 Å². The summed E-state index contributed by atoms with van der Waals surface area (Å²) in [4.78, 5) is 20.6. The van der Waals surface area contributed by atoms with E-state index in [9.17, 15) is 4.79 Å². The molecule has 4 nitrogen and oxygen atoms in total. The fraction of sp³-hybridized carbons (Fsp3) is 0.867. The van der Waals surface area contributed by atoms with Gasteiger partial charge in [0.25, 0.3) is 0 Å². The van der Waals surface area contributed by atoms with Crippen LogP contribution < -0.4 is 0 Å². The molecular formula is C15H25N3O. The lowest BCUT2D eigenvalue weighted by atomic mass is 9.97. The zero-order valence-corrected chi connectivity index (χ0v) is 12.1. The number of hydrogen-bond acceptors (Lipinski definition) is 3. The molecular weight excluding hydrogens is 238 g/mol. The van der Waals surface area contributed by atoms with Gasteiger partial charge in [-0.3, -0.25) is 9.79 Å². The lowest BCUT2D eigenvalue weighted by molar-refractivity contribution is -0.132. The molecule has 106 valence electrons. The highest BCUT2D eigenvalue weighted by Gasteiger charge is 2.53. The van der Waals surface area contributed by atoms with Crippen molar-refractivity contribution in [2.75, 3.05) is 26.7 Å². The number of carbonyl (C=O) groups is 1. The van der Waals surface area contributed by atoms with Crippen molar-refractivity contribution in [1.29, 1.82) is 0 Å². The molecule has 1 unspecified atom stereocenters. The molecule has 0 spiro atoms. The lowest BCUT2D eigenvalue weighted by Gasteiger charge is -2.38. The predicted molar refractivity (Wildman–Crippen MR) is 76.5 cm³/mol. The average molecular weight is 263 g/mol. The summed E-state index contributed by atoms with van der Waals surface area (Å²) in [5.41, 5.74) is 0.491. The third kappa shape index (κ3) is 2.69. The quantitative estimate of drug-likeness (QED) is 0.754. The summed E-state index contributed by atoms with van der Waals surface area (Å²) < 4.78 is 0. The zero-order chi connectivity index (χ0) is 13.5. The number of rotatable bonds is 5. The number of likely N-dealkylation sites (tertiary alicyclic amines) is 1. The molecule has 1 saturated heterocycles. The van der Waals surface area contributed by atoms with Crippen molar-refractivity contribution in [2.45, 2.75) is 51.1 Å². The van der Waals surface area contributed by atoms with Crippen LogP contribution in [-0.4, -0.2) is 60.7 Å². The van der Waals surface area contributed by atoms with Gasteiger partial charge in [0.15, 0.2) is 0 Å². The average Bonchev–Trinajstić information content (AvgIpc) is 3.30. The van der Waals surface area contributed by atoms with Crippen LogP contribution in [0.25, 0.3) is 0 Å². The second-order valence-electron chi connectivity index (χ2n) is 6.49. The maximum atomic E-state index is 11.7. The van der Waals surface area contributed by atoms with E-state index in [-0.39, 0.29) is 0 Å². The van der Waals surface area contributed by atoms with Gasteiger partial charge in [0.05, 0.1) is 6.04 Å². The van der Waals surface area contributed by atoms with Gasteiger partial charge in [-0.15, -0.1) is 0 Å². The van der Waals surface area contributed by atoms with Crippen molar-refractivity contribution in [2.24, 2.45) is 10.4 Å². The number of aliphatic imine (C=N–C) groups is 1. The number of hydrogen-bond donors (Lipinski definition) is 0. The van der Waals surface area contributed by atoms with E-state index in [0.717, 1.165) is 25.9 Å². The summed E-state index contributed by atoms with van der Waals surface area (Å²) in [5.74, 6) is 0.311. The normalized spacial score (nSPS) is 28.8. The van der Waals surface area contributed by atoms with Crippen LogP contribution in [0.3, 0.4) is 0 Å². The maximum Gasteiger partial charge on any atom is 0.222 e. The van der Waals surface area contributed by atoms with E-state index < -0.39 is 0 Å². The van der Waals surface area contributed by atoms with Gasteiger partial charge in [0.1, 0.15) is 0 Å². The van der Waals surface area contributed by atoms with Crippen molar-refractivity contribution >= 4 is 12.1 Å². The minimum absolute atomic E-state index is 0.311. The van der Waals surface area contributed by atoms with Crippen LogP contribution in [0.2, 0.25) is 0 Å². The Kier molecular flexibility index (Phi) is 3.37. The monoisotopic (exact) mass is 263 g/mol. The second kappa shape index (κ2) is 4.89. The lowest BCUT2D eigenvalue weighted by Crippen LogP contribution is -2.47. The molecule has 0 aromatic carbocycles. The van der Waals surface area contributed by atoms with Gasteiger partial charge in [0, 0.05) is 43.7 Å². The minimum atomic E-state index is 0.311. The molecule has 4 heteroatoms. The van der Waals surface area contributed by atoms with Gasteiger partial charge in [-0.2, -0.15) is 0 Å². The molecule has 0 aromatic rings. The van der Waals surface area contributed by atoms with Crippen molar-refractivity contribution in [1.82, 2.24) is 9.80 Å². The molecule has 0 bridgehead atoms. The third-order valence-electron chi connectivity index (χ3n) is 5.13. The molecule has 0 aromatic heterocycles. The van der Waals surface area contributed by atoms with Gasteiger partial charge < -0.3 is 9.80 Å². The molecule has 1 atom stereocenters. The molecule has 19 heavy (non-hydrogen) atoms. The summed E-state index contributed by atoms with van der Waals surface area (Å²) in [5, 5.41) is 0. The highest BCUT2D eigenvalue weighted by atomic mass is 16.2. The van der Waals surface area contributed by atoms with Crippen LogP contribution in [-0.2, 0) is 4.79 Å². The zero-order valence-electron chi connectivity index (χ0n) is 12.1. The van der Waals surface area contributed by atoms with Crippen LogP contribution >= 0.6 is 0 Å². The number of piperidine rings is 1. The Bertz CT molecular complexity index is 375.